The van der Waals surface area contributed by atoms with Gasteiger partial charge in [0.15, 0.2) is 0 Å². The maximum Gasteiger partial charge on any atom is 0.354 e. The molecule has 1 saturated heterocycles. The number of esters is 1. The van der Waals surface area contributed by atoms with E-state index in [1.54, 1.807) is 0 Å². The number of nitrogens with one attached hydrogen (secondary N) is 1. The zero-order valence-electron chi connectivity index (χ0n) is 12.6. The minimum absolute atomic E-state index is 0.0198. The van der Waals surface area contributed by atoms with Crippen molar-refractivity contribution in [2.45, 2.75) is 24.2 Å². The predicted molar refractivity (Wildman–Crippen MR) is 78.3 cm³/mol. The molecule has 2 atom stereocenters. The molecular formula is C14H18N2O6S. The van der Waals surface area contributed by atoms with Gasteiger partial charge in [0.1, 0.15) is 10.6 Å². The molecule has 1 aliphatic carbocycles. The molecule has 3 rings (SSSR count). The zero-order chi connectivity index (χ0) is 16.8. The SMILES string of the molecule is COC(=O)c1cc(S(=O)(=O)N2C[C@@H]3CCC[C@@]3(C(=O)O)C2)c[nH]1. The smallest absolute Gasteiger partial charge is 0.354 e. The number of methoxy groups -OCH3 is 1. The Morgan fingerprint density at radius 2 is 2.22 bits per heavy atom. The van der Waals surface area contributed by atoms with Crippen molar-refractivity contribution in [3.8, 4) is 0 Å². The molecule has 23 heavy (non-hydrogen) atoms. The average molecular weight is 342 g/mol. The van der Waals surface area contributed by atoms with E-state index in [4.69, 9.17) is 0 Å². The summed E-state index contributed by atoms with van der Waals surface area (Å²) in [7, 11) is -2.64. The molecule has 2 heterocycles. The fourth-order valence-electron chi connectivity index (χ4n) is 3.68. The van der Waals surface area contributed by atoms with Crippen LogP contribution in [0.1, 0.15) is 29.8 Å². The lowest BCUT2D eigenvalue weighted by molar-refractivity contribution is -0.149. The minimum atomic E-state index is -3.84. The van der Waals surface area contributed by atoms with Crippen LogP contribution in [0.2, 0.25) is 0 Å². The number of aromatic amines is 1. The van der Waals surface area contributed by atoms with Gasteiger partial charge < -0.3 is 14.8 Å². The van der Waals surface area contributed by atoms with E-state index in [0.717, 1.165) is 12.8 Å². The summed E-state index contributed by atoms with van der Waals surface area (Å²) in [6.07, 6.45) is 3.25. The highest BCUT2D eigenvalue weighted by atomic mass is 32.2. The highest BCUT2D eigenvalue weighted by Gasteiger charge is 2.57. The second kappa shape index (κ2) is 5.34. The number of aromatic nitrogens is 1. The van der Waals surface area contributed by atoms with Crippen LogP contribution in [0.4, 0.5) is 0 Å². The highest BCUT2D eigenvalue weighted by Crippen LogP contribution is 2.50. The number of carboxylic acid groups (broad SMARTS) is 1. The topological polar surface area (TPSA) is 117 Å². The van der Waals surface area contributed by atoms with Gasteiger partial charge in [0, 0.05) is 19.3 Å². The van der Waals surface area contributed by atoms with E-state index in [9.17, 15) is 23.1 Å². The Hall–Kier alpha value is -1.87. The third-order valence-electron chi connectivity index (χ3n) is 4.97. The molecule has 0 aromatic carbocycles. The summed E-state index contributed by atoms with van der Waals surface area (Å²) in [4.78, 5) is 25.6. The normalized spacial score (nSPS) is 27.8. The molecule has 0 spiro atoms. The Morgan fingerprint density at radius 1 is 1.48 bits per heavy atom. The molecule has 2 fully saturated rings. The molecule has 0 amide bonds. The minimum Gasteiger partial charge on any atom is -0.481 e. The third kappa shape index (κ3) is 2.34. The molecule has 1 aromatic heterocycles. The molecule has 0 bridgehead atoms. The van der Waals surface area contributed by atoms with Gasteiger partial charge in [-0.1, -0.05) is 6.42 Å². The van der Waals surface area contributed by atoms with E-state index >= 15 is 0 Å². The number of carboxylic acids is 1. The maximum absolute atomic E-state index is 12.7. The van der Waals surface area contributed by atoms with E-state index in [2.05, 4.69) is 9.72 Å². The first-order valence-electron chi connectivity index (χ1n) is 7.31. The second-order valence-electron chi connectivity index (χ2n) is 6.09. The van der Waals surface area contributed by atoms with Gasteiger partial charge in [-0.2, -0.15) is 4.31 Å². The number of ether oxygens (including phenoxy) is 1. The van der Waals surface area contributed by atoms with Crippen molar-refractivity contribution in [3.05, 3.63) is 18.0 Å². The van der Waals surface area contributed by atoms with Gasteiger partial charge in [0.2, 0.25) is 10.0 Å². The zero-order valence-corrected chi connectivity index (χ0v) is 13.4. The lowest BCUT2D eigenvalue weighted by Gasteiger charge is -2.23. The van der Waals surface area contributed by atoms with Crippen molar-refractivity contribution >= 4 is 22.0 Å². The van der Waals surface area contributed by atoms with Gasteiger partial charge in [0.05, 0.1) is 12.5 Å². The van der Waals surface area contributed by atoms with Crippen molar-refractivity contribution in [2.75, 3.05) is 20.2 Å². The number of sulfonamides is 1. The highest BCUT2D eigenvalue weighted by molar-refractivity contribution is 7.89. The summed E-state index contributed by atoms with van der Waals surface area (Å²) in [6.45, 7) is 0.182. The van der Waals surface area contributed by atoms with Crippen LogP contribution in [0.3, 0.4) is 0 Å². The van der Waals surface area contributed by atoms with E-state index < -0.39 is 27.4 Å². The summed E-state index contributed by atoms with van der Waals surface area (Å²) in [5.74, 6) is -1.75. The number of hydrogen-bond donors (Lipinski definition) is 2. The van der Waals surface area contributed by atoms with Crippen LogP contribution in [0.25, 0.3) is 0 Å². The average Bonchev–Trinajstić information content (AvgIpc) is 3.19. The monoisotopic (exact) mass is 342 g/mol. The Bertz CT molecular complexity index is 755. The summed E-state index contributed by atoms with van der Waals surface area (Å²) in [6, 6.07) is 1.21. The number of nitrogens with zero attached hydrogens (tertiary/aromatic N) is 1. The van der Waals surface area contributed by atoms with Crippen LogP contribution in [0.15, 0.2) is 17.2 Å². The molecule has 0 radical (unpaired) electrons. The van der Waals surface area contributed by atoms with Crippen LogP contribution < -0.4 is 0 Å². The van der Waals surface area contributed by atoms with E-state index in [0.29, 0.717) is 6.42 Å². The van der Waals surface area contributed by atoms with Gasteiger partial charge in [0.25, 0.3) is 0 Å². The Morgan fingerprint density at radius 3 is 2.83 bits per heavy atom. The van der Waals surface area contributed by atoms with Crippen LogP contribution in [-0.2, 0) is 19.6 Å². The molecule has 1 saturated carbocycles. The molecule has 1 aliphatic heterocycles. The first kappa shape index (κ1) is 16.0. The quantitative estimate of drug-likeness (QED) is 0.777. The maximum atomic E-state index is 12.7. The largest absolute Gasteiger partial charge is 0.481 e. The van der Waals surface area contributed by atoms with Gasteiger partial charge in [-0.25, -0.2) is 13.2 Å². The van der Waals surface area contributed by atoms with Gasteiger partial charge in [-0.3, -0.25) is 4.79 Å². The van der Waals surface area contributed by atoms with E-state index in [1.165, 1.54) is 23.7 Å². The second-order valence-corrected chi connectivity index (χ2v) is 8.03. The molecule has 8 nitrogen and oxygen atoms in total. The summed E-state index contributed by atoms with van der Waals surface area (Å²) in [5.41, 5.74) is -0.937. The summed E-state index contributed by atoms with van der Waals surface area (Å²) < 4.78 is 31.2. The fraction of sp³-hybridized carbons (Fsp3) is 0.571. The summed E-state index contributed by atoms with van der Waals surface area (Å²) in [5, 5.41) is 9.55. The van der Waals surface area contributed by atoms with Crippen LogP contribution in [0.5, 0.6) is 0 Å². The number of aliphatic carboxylic acids is 1. The summed E-state index contributed by atoms with van der Waals surface area (Å²) >= 11 is 0. The van der Waals surface area contributed by atoms with Crippen LogP contribution >= 0.6 is 0 Å². The van der Waals surface area contributed by atoms with Gasteiger partial charge in [-0.15, -0.1) is 0 Å². The van der Waals surface area contributed by atoms with Crippen molar-refractivity contribution < 1.29 is 27.9 Å². The molecule has 1 aromatic rings. The lowest BCUT2D eigenvalue weighted by atomic mass is 9.81. The molecule has 0 unspecified atom stereocenters. The Kier molecular flexibility index (Phi) is 3.72. The number of H-pyrrole nitrogens is 1. The van der Waals surface area contributed by atoms with Crippen molar-refractivity contribution in [2.24, 2.45) is 11.3 Å². The number of carbonyl (C=O) groups is 2. The van der Waals surface area contributed by atoms with Crippen molar-refractivity contribution in [1.82, 2.24) is 9.29 Å². The van der Waals surface area contributed by atoms with Gasteiger partial charge >= 0.3 is 11.9 Å². The molecular weight excluding hydrogens is 324 g/mol. The Labute approximate surface area is 133 Å². The molecule has 2 aliphatic rings. The standard InChI is InChI=1S/C14H18N2O6S/c1-22-12(17)11-5-10(6-15-11)23(20,21)16-7-9-3-2-4-14(9,8-16)13(18)19/h5-6,9,15H,2-4,7-8H2,1H3,(H,18,19)/t9-,14+/m0/s1. The van der Waals surface area contributed by atoms with Crippen LogP contribution in [-0.4, -0.2) is 55.0 Å². The number of carbonyl (C=O) groups excluding carboxylic acids is 1. The van der Waals surface area contributed by atoms with Crippen LogP contribution in [0, 0.1) is 11.3 Å². The van der Waals surface area contributed by atoms with Crippen molar-refractivity contribution in [1.29, 1.82) is 0 Å². The fourth-order valence-corrected chi connectivity index (χ4v) is 5.23. The van der Waals surface area contributed by atoms with E-state index in [-0.39, 0.29) is 29.6 Å². The van der Waals surface area contributed by atoms with Gasteiger partial charge in [-0.05, 0) is 24.8 Å². The Balaban J connectivity index is 1.88. The predicted octanol–water partition coefficient (Wildman–Crippen LogP) is 0.677. The number of fused-ring (bicyclic) bond motifs is 1. The molecule has 9 heteroatoms. The van der Waals surface area contributed by atoms with Crippen molar-refractivity contribution in [3.63, 3.8) is 0 Å². The number of rotatable bonds is 4. The molecule has 126 valence electrons. The first-order valence-corrected chi connectivity index (χ1v) is 8.75. The first-order chi connectivity index (χ1) is 10.8. The third-order valence-corrected chi connectivity index (χ3v) is 6.75. The number of hydrogen-bond acceptors (Lipinski definition) is 5. The molecule has 2 N–H and O–H groups in total. The lowest BCUT2D eigenvalue weighted by Crippen LogP contribution is -2.37. The van der Waals surface area contributed by atoms with E-state index in [1.807, 2.05) is 0 Å².